The molecule has 1 unspecified atom stereocenters. The van der Waals surface area contributed by atoms with Gasteiger partial charge in [0.05, 0.1) is 13.0 Å². The van der Waals surface area contributed by atoms with Crippen LogP contribution in [0.2, 0.25) is 0 Å². The summed E-state index contributed by atoms with van der Waals surface area (Å²) < 4.78 is 6.12. The molecule has 2 rings (SSSR count). The first-order valence-corrected chi connectivity index (χ1v) is 8.78. The van der Waals surface area contributed by atoms with Crippen molar-refractivity contribution in [1.82, 2.24) is 5.06 Å². The molecular formula is C19H20BrNO5. The quantitative estimate of drug-likeness (QED) is 0.407. The van der Waals surface area contributed by atoms with E-state index in [4.69, 9.17) is 4.74 Å². The van der Waals surface area contributed by atoms with Crippen LogP contribution in [0.4, 0.5) is 0 Å². The monoisotopic (exact) mass is 421 g/mol. The van der Waals surface area contributed by atoms with Crippen molar-refractivity contribution in [2.45, 2.75) is 18.9 Å². The maximum Gasteiger partial charge on any atom is 0.313 e. The molecular weight excluding hydrogens is 402 g/mol. The predicted molar refractivity (Wildman–Crippen MR) is 98.9 cm³/mol. The lowest BCUT2D eigenvalue weighted by molar-refractivity contribution is -0.166. The van der Waals surface area contributed by atoms with E-state index in [0.717, 1.165) is 11.5 Å². The molecule has 2 aromatic carbocycles. The number of hydroxylamine groups is 2. The van der Waals surface area contributed by atoms with Crippen LogP contribution in [0.3, 0.4) is 0 Å². The number of rotatable bonds is 7. The summed E-state index contributed by atoms with van der Waals surface area (Å²) in [4.78, 5) is 24.0. The zero-order valence-corrected chi connectivity index (χ0v) is 16.1. The molecule has 0 heterocycles. The van der Waals surface area contributed by atoms with Crippen molar-refractivity contribution < 1.29 is 24.6 Å². The van der Waals surface area contributed by atoms with Gasteiger partial charge in [0.15, 0.2) is 0 Å². The van der Waals surface area contributed by atoms with Gasteiger partial charge in [0.25, 0.3) is 0 Å². The number of nitrogens with zero attached hydrogens (tertiary/aromatic N) is 1. The highest BCUT2D eigenvalue weighted by Gasteiger charge is 2.37. The lowest BCUT2D eigenvalue weighted by Gasteiger charge is -2.29. The molecule has 0 saturated carbocycles. The Morgan fingerprint density at radius 3 is 2.35 bits per heavy atom. The molecule has 0 spiro atoms. The SMILES string of the molecule is CCOc1ccc(C(O)(CC(=O)C(=O)N(C)O)c2cccc(Br)c2)cc1. The van der Waals surface area contributed by atoms with E-state index < -0.39 is 23.7 Å². The molecule has 0 bridgehead atoms. The van der Waals surface area contributed by atoms with E-state index in [9.17, 15) is 19.9 Å². The Hall–Kier alpha value is -2.22. The number of hydrogen-bond donors (Lipinski definition) is 2. The molecule has 0 aromatic heterocycles. The summed E-state index contributed by atoms with van der Waals surface area (Å²) in [6.07, 6.45) is -0.513. The molecule has 0 aliphatic carbocycles. The number of Topliss-reactive ketones (excluding diaryl/α,β-unsaturated/α-hetero) is 1. The summed E-state index contributed by atoms with van der Waals surface area (Å²) in [5, 5.41) is 20.8. The van der Waals surface area contributed by atoms with E-state index in [0.29, 0.717) is 23.5 Å². The lowest BCUT2D eigenvalue weighted by Crippen LogP contribution is -2.37. The number of carbonyl (C=O) groups is 2. The van der Waals surface area contributed by atoms with Gasteiger partial charge in [-0.05, 0) is 42.3 Å². The number of likely N-dealkylation sites (N-methyl/N-ethyl adjacent to an activating group) is 1. The Labute approximate surface area is 160 Å². The fourth-order valence-electron chi connectivity index (χ4n) is 2.60. The van der Waals surface area contributed by atoms with Gasteiger partial charge in [-0.3, -0.25) is 14.8 Å². The molecule has 0 aliphatic heterocycles. The molecule has 6 nitrogen and oxygen atoms in total. The first-order valence-electron chi connectivity index (χ1n) is 7.99. The molecule has 0 radical (unpaired) electrons. The van der Waals surface area contributed by atoms with Gasteiger partial charge in [-0.25, -0.2) is 5.06 Å². The molecule has 138 valence electrons. The third-order valence-electron chi connectivity index (χ3n) is 3.89. The van der Waals surface area contributed by atoms with Crippen LogP contribution in [0.1, 0.15) is 24.5 Å². The minimum absolute atomic E-state index is 0.210. The second-order valence-electron chi connectivity index (χ2n) is 5.76. The maximum absolute atomic E-state index is 12.3. The van der Waals surface area contributed by atoms with Crippen LogP contribution in [0.5, 0.6) is 5.75 Å². The van der Waals surface area contributed by atoms with Gasteiger partial charge in [-0.15, -0.1) is 0 Å². The molecule has 0 fully saturated rings. The number of ether oxygens (including phenoxy) is 1. The predicted octanol–water partition coefficient (Wildman–Crippen LogP) is 2.89. The second kappa shape index (κ2) is 8.44. The molecule has 26 heavy (non-hydrogen) atoms. The van der Waals surface area contributed by atoms with Crippen molar-refractivity contribution in [1.29, 1.82) is 0 Å². The highest BCUT2D eigenvalue weighted by Crippen LogP contribution is 2.35. The minimum atomic E-state index is -1.74. The number of halogens is 1. The fraction of sp³-hybridized carbons (Fsp3) is 0.263. The number of aliphatic hydroxyl groups is 1. The van der Waals surface area contributed by atoms with Crippen molar-refractivity contribution in [2.24, 2.45) is 0 Å². The van der Waals surface area contributed by atoms with Crippen molar-refractivity contribution >= 4 is 27.6 Å². The van der Waals surface area contributed by atoms with E-state index >= 15 is 0 Å². The zero-order valence-electron chi connectivity index (χ0n) is 14.5. The van der Waals surface area contributed by atoms with Crippen molar-refractivity contribution in [3.63, 3.8) is 0 Å². The Morgan fingerprint density at radius 2 is 1.81 bits per heavy atom. The number of ketones is 1. The third kappa shape index (κ3) is 4.49. The second-order valence-corrected chi connectivity index (χ2v) is 6.67. The van der Waals surface area contributed by atoms with Crippen LogP contribution < -0.4 is 4.74 Å². The topological polar surface area (TPSA) is 87.1 Å². The number of hydrogen-bond acceptors (Lipinski definition) is 5. The summed E-state index contributed by atoms with van der Waals surface area (Å²) in [6.45, 7) is 2.37. The molecule has 1 amide bonds. The van der Waals surface area contributed by atoms with Gasteiger partial charge in [0.1, 0.15) is 11.4 Å². The first kappa shape index (κ1) is 20.1. The molecule has 1 atom stereocenters. The Morgan fingerprint density at radius 1 is 1.15 bits per heavy atom. The van der Waals surface area contributed by atoms with Crippen molar-refractivity contribution in [2.75, 3.05) is 13.7 Å². The average molecular weight is 422 g/mol. The molecule has 2 aromatic rings. The summed E-state index contributed by atoms with van der Waals surface area (Å²) in [5.74, 6) is -1.37. The molecule has 0 aliphatic rings. The van der Waals surface area contributed by atoms with E-state index in [1.54, 1.807) is 48.5 Å². The zero-order chi connectivity index (χ0) is 19.3. The van der Waals surface area contributed by atoms with Gasteiger partial charge >= 0.3 is 5.91 Å². The lowest BCUT2D eigenvalue weighted by atomic mass is 9.82. The smallest absolute Gasteiger partial charge is 0.313 e. The molecule has 0 saturated heterocycles. The largest absolute Gasteiger partial charge is 0.494 e. The highest BCUT2D eigenvalue weighted by atomic mass is 79.9. The normalized spacial score (nSPS) is 13.0. The van der Waals surface area contributed by atoms with Crippen LogP contribution in [0.25, 0.3) is 0 Å². The van der Waals surface area contributed by atoms with Gasteiger partial charge < -0.3 is 9.84 Å². The van der Waals surface area contributed by atoms with Crippen LogP contribution in [-0.2, 0) is 15.2 Å². The maximum atomic E-state index is 12.3. The van der Waals surface area contributed by atoms with Gasteiger partial charge in [-0.1, -0.05) is 40.2 Å². The summed E-state index contributed by atoms with van der Waals surface area (Å²) >= 11 is 3.35. The van der Waals surface area contributed by atoms with Crippen LogP contribution >= 0.6 is 15.9 Å². The molecule has 2 N–H and O–H groups in total. The highest BCUT2D eigenvalue weighted by molar-refractivity contribution is 9.10. The Kier molecular flexibility index (Phi) is 6.52. The van der Waals surface area contributed by atoms with Gasteiger partial charge in [0, 0.05) is 11.5 Å². The fourth-order valence-corrected chi connectivity index (χ4v) is 3.00. The van der Waals surface area contributed by atoms with E-state index in [2.05, 4.69) is 15.9 Å². The van der Waals surface area contributed by atoms with Crippen LogP contribution in [-0.4, -0.2) is 40.7 Å². The minimum Gasteiger partial charge on any atom is -0.494 e. The van der Waals surface area contributed by atoms with Crippen molar-refractivity contribution in [3.05, 3.63) is 64.1 Å². The third-order valence-corrected chi connectivity index (χ3v) is 4.39. The number of benzene rings is 2. The van der Waals surface area contributed by atoms with Crippen molar-refractivity contribution in [3.8, 4) is 5.75 Å². The first-order chi connectivity index (χ1) is 12.3. The van der Waals surface area contributed by atoms with Crippen LogP contribution in [0, 0.1) is 0 Å². The summed E-state index contributed by atoms with van der Waals surface area (Å²) in [6, 6.07) is 13.5. The van der Waals surface area contributed by atoms with Crippen LogP contribution in [0.15, 0.2) is 53.0 Å². The molecule has 7 heteroatoms. The Balaban J connectivity index is 2.47. The summed E-state index contributed by atoms with van der Waals surface area (Å²) in [7, 11) is 1.06. The number of amides is 1. The Bertz CT molecular complexity index is 791. The van der Waals surface area contributed by atoms with E-state index in [1.165, 1.54) is 0 Å². The van der Waals surface area contributed by atoms with E-state index in [1.807, 2.05) is 6.92 Å². The van der Waals surface area contributed by atoms with E-state index in [-0.39, 0.29) is 5.06 Å². The summed E-state index contributed by atoms with van der Waals surface area (Å²) in [5.41, 5.74) is -0.865. The number of carbonyl (C=O) groups excluding carboxylic acids is 2. The van der Waals surface area contributed by atoms with Gasteiger partial charge in [-0.2, -0.15) is 0 Å². The standard InChI is InChI=1S/C19H20BrNO5/c1-3-26-16-9-7-13(8-10-16)19(24,12-17(22)18(23)21(2)25)14-5-4-6-15(20)11-14/h4-11,24-25H,3,12H2,1-2H3. The van der Waals surface area contributed by atoms with Gasteiger partial charge in [0.2, 0.25) is 5.78 Å². The average Bonchev–Trinajstić information content (AvgIpc) is 2.61.